The summed E-state index contributed by atoms with van der Waals surface area (Å²) >= 11 is 3.17. The number of aromatic nitrogens is 3. The summed E-state index contributed by atoms with van der Waals surface area (Å²) in [5.41, 5.74) is 7.51. The number of nitrogens with two attached hydrogens (primary N) is 1. The standard InChI is InChI=1S/C10H12N4OS2/c1-6-9(17-10(11)12-6)16-5-7-3-4-8(15-2)14-13-7/h3-4H,5H2,1-2H3,(H2,11,12). The van der Waals surface area contributed by atoms with Gasteiger partial charge in [0.2, 0.25) is 5.88 Å². The lowest BCUT2D eigenvalue weighted by Crippen LogP contribution is -1.93. The van der Waals surface area contributed by atoms with Crippen LogP contribution in [-0.2, 0) is 5.75 Å². The highest BCUT2D eigenvalue weighted by Gasteiger charge is 2.07. The topological polar surface area (TPSA) is 73.9 Å². The first-order valence-corrected chi connectivity index (χ1v) is 6.71. The quantitative estimate of drug-likeness (QED) is 0.856. The summed E-state index contributed by atoms with van der Waals surface area (Å²) in [4.78, 5) is 4.17. The van der Waals surface area contributed by atoms with Crippen LogP contribution >= 0.6 is 23.1 Å². The zero-order chi connectivity index (χ0) is 12.3. The Morgan fingerprint density at radius 1 is 1.41 bits per heavy atom. The van der Waals surface area contributed by atoms with Gasteiger partial charge in [0.25, 0.3) is 0 Å². The maximum Gasteiger partial charge on any atom is 0.233 e. The Morgan fingerprint density at radius 3 is 2.76 bits per heavy atom. The van der Waals surface area contributed by atoms with E-state index in [4.69, 9.17) is 10.5 Å². The third kappa shape index (κ3) is 3.07. The van der Waals surface area contributed by atoms with Crippen molar-refractivity contribution in [1.29, 1.82) is 0 Å². The van der Waals surface area contributed by atoms with Crippen LogP contribution in [0.2, 0.25) is 0 Å². The fraction of sp³-hybridized carbons (Fsp3) is 0.300. The highest BCUT2D eigenvalue weighted by molar-refractivity contribution is 8.00. The number of nitrogen functional groups attached to an aromatic ring is 1. The van der Waals surface area contributed by atoms with Crippen LogP contribution < -0.4 is 10.5 Å². The van der Waals surface area contributed by atoms with Gasteiger partial charge in [-0.1, -0.05) is 11.3 Å². The molecule has 0 fully saturated rings. The first-order chi connectivity index (χ1) is 8.19. The minimum Gasteiger partial charge on any atom is -0.480 e. The van der Waals surface area contributed by atoms with E-state index in [0.29, 0.717) is 11.0 Å². The SMILES string of the molecule is COc1ccc(CSc2sc(N)nc2C)nn1. The molecule has 0 saturated heterocycles. The van der Waals surface area contributed by atoms with E-state index < -0.39 is 0 Å². The molecule has 0 aliphatic rings. The molecule has 0 atom stereocenters. The Kier molecular flexibility index (Phi) is 3.80. The fourth-order valence-electron chi connectivity index (χ4n) is 1.21. The molecule has 2 aromatic rings. The van der Waals surface area contributed by atoms with Crippen LogP contribution in [0.4, 0.5) is 5.13 Å². The molecule has 0 aliphatic heterocycles. The van der Waals surface area contributed by atoms with E-state index in [0.717, 1.165) is 21.3 Å². The van der Waals surface area contributed by atoms with Crippen molar-refractivity contribution in [3.63, 3.8) is 0 Å². The van der Waals surface area contributed by atoms with Gasteiger partial charge < -0.3 is 10.5 Å². The Morgan fingerprint density at radius 2 is 2.24 bits per heavy atom. The lowest BCUT2D eigenvalue weighted by Gasteiger charge is -2.00. The van der Waals surface area contributed by atoms with Crippen molar-refractivity contribution in [3.05, 3.63) is 23.5 Å². The third-order valence-corrected chi connectivity index (χ3v) is 4.41. The summed E-state index contributed by atoms with van der Waals surface area (Å²) in [6.07, 6.45) is 0. The second-order valence-electron chi connectivity index (χ2n) is 3.28. The molecule has 0 unspecified atom stereocenters. The molecule has 0 bridgehead atoms. The summed E-state index contributed by atoms with van der Waals surface area (Å²) in [6, 6.07) is 3.70. The van der Waals surface area contributed by atoms with E-state index in [1.54, 1.807) is 24.9 Å². The maximum atomic E-state index is 5.64. The molecule has 0 radical (unpaired) electrons. The number of ether oxygens (including phenoxy) is 1. The van der Waals surface area contributed by atoms with Gasteiger partial charge in [0.1, 0.15) is 0 Å². The summed E-state index contributed by atoms with van der Waals surface area (Å²) < 4.78 is 6.07. The van der Waals surface area contributed by atoms with Crippen LogP contribution in [0, 0.1) is 6.92 Å². The number of nitrogens with zero attached hydrogens (tertiary/aromatic N) is 3. The summed E-state index contributed by atoms with van der Waals surface area (Å²) in [6.45, 7) is 1.95. The van der Waals surface area contributed by atoms with Crippen LogP contribution in [-0.4, -0.2) is 22.3 Å². The number of hydrogen-bond donors (Lipinski definition) is 1. The Labute approximate surface area is 107 Å². The molecule has 2 N–H and O–H groups in total. The van der Waals surface area contributed by atoms with Crippen LogP contribution in [0.5, 0.6) is 5.88 Å². The molecule has 2 heterocycles. The summed E-state index contributed by atoms with van der Waals surface area (Å²) in [7, 11) is 1.57. The van der Waals surface area contributed by atoms with Gasteiger partial charge in [0.15, 0.2) is 5.13 Å². The second-order valence-corrected chi connectivity index (χ2v) is 5.56. The molecular formula is C10H12N4OS2. The van der Waals surface area contributed by atoms with Crippen LogP contribution in [0.15, 0.2) is 16.3 Å². The van der Waals surface area contributed by atoms with Gasteiger partial charge in [-0.2, -0.15) is 5.10 Å². The van der Waals surface area contributed by atoms with Gasteiger partial charge in [0, 0.05) is 11.8 Å². The molecule has 0 spiro atoms. The highest BCUT2D eigenvalue weighted by atomic mass is 32.2. The van der Waals surface area contributed by atoms with Gasteiger partial charge in [-0.05, 0) is 13.0 Å². The average Bonchev–Trinajstić information content (AvgIpc) is 2.66. The van der Waals surface area contributed by atoms with Gasteiger partial charge in [-0.3, -0.25) is 0 Å². The van der Waals surface area contributed by atoms with Crippen LogP contribution in [0.3, 0.4) is 0 Å². The zero-order valence-corrected chi connectivity index (χ0v) is 11.1. The number of anilines is 1. The lowest BCUT2D eigenvalue weighted by molar-refractivity contribution is 0.391. The minimum absolute atomic E-state index is 0.525. The van der Waals surface area contributed by atoms with Crippen molar-refractivity contribution >= 4 is 28.2 Å². The molecule has 90 valence electrons. The van der Waals surface area contributed by atoms with Crippen molar-refractivity contribution in [2.75, 3.05) is 12.8 Å². The predicted octanol–water partition coefficient (Wildman–Crippen LogP) is 2.12. The van der Waals surface area contributed by atoms with Crippen LogP contribution in [0.1, 0.15) is 11.4 Å². The Bertz CT molecular complexity index is 498. The first kappa shape index (κ1) is 12.1. The summed E-state index contributed by atoms with van der Waals surface area (Å²) in [5.74, 6) is 1.27. The van der Waals surface area contributed by atoms with Crippen molar-refractivity contribution in [1.82, 2.24) is 15.2 Å². The largest absolute Gasteiger partial charge is 0.480 e. The van der Waals surface area contributed by atoms with E-state index >= 15 is 0 Å². The zero-order valence-electron chi connectivity index (χ0n) is 9.51. The highest BCUT2D eigenvalue weighted by Crippen LogP contribution is 2.32. The van der Waals surface area contributed by atoms with E-state index in [1.165, 1.54) is 11.3 Å². The number of thiazole rings is 1. The number of hydrogen-bond acceptors (Lipinski definition) is 7. The molecule has 0 saturated carbocycles. The van der Waals surface area contributed by atoms with Crippen molar-refractivity contribution in [3.8, 4) is 5.88 Å². The molecule has 7 heteroatoms. The molecule has 0 aliphatic carbocycles. The van der Waals surface area contributed by atoms with E-state index in [2.05, 4.69) is 15.2 Å². The van der Waals surface area contributed by atoms with Crippen LogP contribution in [0.25, 0.3) is 0 Å². The molecule has 17 heavy (non-hydrogen) atoms. The van der Waals surface area contributed by atoms with Crippen molar-refractivity contribution < 1.29 is 4.74 Å². The number of methoxy groups -OCH3 is 1. The number of thioether (sulfide) groups is 1. The molecular weight excluding hydrogens is 256 g/mol. The monoisotopic (exact) mass is 268 g/mol. The Hall–Kier alpha value is -1.34. The third-order valence-electron chi connectivity index (χ3n) is 2.03. The van der Waals surface area contributed by atoms with Gasteiger partial charge in [-0.25, -0.2) is 4.98 Å². The van der Waals surface area contributed by atoms with Crippen molar-refractivity contribution in [2.24, 2.45) is 0 Å². The van der Waals surface area contributed by atoms with Gasteiger partial charge >= 0.3 is 0 Å². The Balaban J connectivity index is 1.99. The van der Waals surface area contributed by atoms with Gasteiger partial charge in [0.05, 0.1) is 22.7 Å². The number of aryl methyl sites for hydroxylation is 1. The maximum absolute atomic E-state index is 5.64. The molecule has 0 aromatic carbocycles. The molecule has 5 nitrogen and oxygen atoms in total. The van der Waals surface area contributed by atoms with Crippen molar-refractivity contribution in [2.45, 2.75) is 16.9 Å². The number of rotatable bonds is 4. The first-order valence-electron chi connectivity index (χ1n) is 4.91. The summed E-state index contributed by atoms with van der Waals surface area (Å²) in [5, 5.41) is 8.58. The van der Waals surface area contributed by atoms with E-state index in [-0.39, 0.29) is 0 Å². The molecule has 2 aromatic heterocycles. The normalized spacial score (nSPS) is 10.5. The fourth-order valence-corrected chi connectivity index (χ4v) is 3.13. The minimum atomic E-state index is 0.525. The second kappa shape index (κ2) is 5.33. The average molecular weight is 268 g/mol. The predicted molar refractivity (Wildman–Crippen MR) is 69.4 cm³/mol. The molecule has 0 amide bonds. The molecule has 2 rings (SSSR count). The lowest BCUT2D eigenvalue weighted by atomic mass is 10.4. The smallest absolute Gasteiger partial charge is 0.233 e. The van der Waals surface area contributed by atoms with E-state index in [9.17, 15) is 0 Å². The van der Waals surface area contributed by atoms with Gasteiger partial charge in [-0.15, -0.1) is 16.9 Å². The van der Waals surface area contributed by atoms with E-state index in [1.807, 2.05) is 13.0 Å².